The predicted octanol–water partition coefficient (Wildman–Crippen LogP) is 3.85. The summed E-state index contributed by atoms with van der Waals surface area (Å²) in [7, 11) is 0. The molecule has 0 aliphatic heterocycles. The van der Waals surface area contributed by atoms with E-state index in [-0.39, 0.29) is 11.9 Å². The van der Waals surface area contributed by atoms with Gasteiger partial charge in [0.15, 0.2) is 6.04 Å². The van der Waals surface area contributed by atoms with Crippen molar-refractivity contribution in [1.82, 2.24) is 0 Å². The molecule has 1 atom stereocenters. The monoisotopic (exact) mass is 365 g/mol. The van der Waals surface area contributed by atoms with Gasteiger partial charge >= 0.3 is 0 Å². The summed E-state index contributed by atoms with van der Waals surface area (Å²) >= 11 is 1.76. The smallest absolute Gasteiger partial charge is 0.287 e. The van der Waals surface area contributed by atoms with Crippen molar-refractivity contribution in [2.45, 2.75) is 26.3 Å². The molecule has 134 valence electrons. The Hall–Kier alpha value is -2.43. The van der Waals surface area contributed by atoms with Crippen molar-refractivity contribution in [3.8, 4) is 0 Å². The van der Waals surface area contributed by atoms with Crippen LogP contribution in [-0.4, -0.2) is 12.5 Å². The maximum atomic E-state index is 13.0. The zero-order valence-corrected chi connectivity index (χ0v) is 16.1. The van der Waals surface area contributed by atoms with E-state index in [1.54, 1.807) is 11.3 Å². The fourth-order valence-corrected chi connectivity index (χ4v) is 3.71. The summed E-state index contributed by atoms with van der Waals surface area (Å²) < 4.78 is 0. The molecule has 0 radical (unpaired) electrons. The number of benzene rings is 2. The van der Waals surface area contributed by atoms with Crippen LogP contribution in [-0.2, 0) is 11.2 Å². The van der Waals surface area contributed by atoms with E-state index in [4.69, 9.17) is 0 Å². The Morgan fingerprint density at radius 2 is 1.88 bits per heavy atom. The van der Waals surface area contributed by atoms with Gasteiger partial charge in [0, 0.05) is 22.5 Å². The van der Waals surface area contributed by atoms with Gasteiger partial charge in [-0.3, -0.25) is 4.79 Å². The molecule has 1 aromatic heterocycles. The third kappa shape index (κ3) is 4.81. The van der Waals surface area contributed by atoms with E-state index in [1.165, 1.54) is 4.88 Å². The SMILES string of the molecule is Cc1ccc(C)c(NC(=O)[C@H]([NH2+]CCc2cccs2)c2ccccc2)c1. The number of nitrogens with one attached hydrogen (secondary N) is 1. The third-order valence-electron chi connectivity index (χ3n) is 4.47. The van der Waals surface area contributed by atoms with Gasteiger partial charge in [0.25, 0.3) is 5.91 Å². The zero-order valence-electron chi connectivity index (χ0n) is 15.2. The van der Waals surface area contributed by atoms with Crippen LogP contribution in [0.15, 0.2) is 66.0 Å². The lowest BCUT2D eigenvalue weighted by Crippen LogP contribution is -2.87. The van der Waals surface area contributed by atoms with Gasteiger partial charge < -0.3 is 10.6 Å². The van der Waals surface area contributed by atoms with Gasteiger partial charge in [0.2, 0.25) is 0 Å². The van der Waals surface area contributed by atoms with Crippen molar-refractivity contribution in [2.75, 3.05) is 11.9 Å². The number of hydrogen-bond acceptors (Lipinski definition) is 2. The Balaban J connectivity index is 1.73. The Morgan fingerprint density at radius 1 is 1.08 bits per heavy atom. The molecule has 0 bridgehead atoms. The maximum absolute atomic E-state index is 13.0. The highest BCUT2D eigenvalue weighted by Gasteiger charge is 2.24. The number of rotatable bonds is 7. The third-order valence-corrected chi connectivity index (χ3v) is 5.40. The van der Waals surface area contributed by atoms with Crippen LogP contribution in [0.25, 0.3) is 0 Å². The molecule has 3 N–H and O–H groups in total. The highest BCUT2D eigenvalue weighted by atomic mass is 32.1. The molecule has 0 unspecified atom stereocenters. The number of anilines is 1. The topological polar surface area (TPSA) is 45.7 Å². The van der Waals surface area contributed by atoms with Crippen LogP contribution in [0, 0.1) is 13.8 Å². The fourth-order valence-electron chi connectivity index (χ4n) is 2.98. The normalized spacial score (nSPS) is 11.9. The molecule has 1 heterocycles. The molecule has 1 amide bonds. The quantitative estimate of drug-likeness (QED) is 0.656. The minimum atomic E-state index is -0.254. The van der Waals surface area contributed by atoms with Crippen LogP contribution in [0.5, 0.6) is 0 Å². The summed E-state index contributed by atoms with van der Waals surface area (Å²) in [6.07, 6.45) is 0.970. The average molecular weight is 366 g/mol. The fraction of sp³-hybridized carbons (Fsp3) is 0.227. The minimum absolute atomic E-state index is 0.0241. The lowest BCUT2D eigenvalue weighted by molar-refractivity contribution is -0.682. The highest BCUT2D eigenvalue weighted by molar-refractivity contribution is 7.09. The van der Waals surface area contributed by atoms with Crippen molar-refractivity contribution in [2.24, 2.45) is 0 Å². The van der Waals surface area contributed by atoms with Gasteiger partial charge in [0.05, 0.1) is 6.54 Å². The second kappa shape index (κ2) is 8.79. The molecule has 0 saturated carbocycles. The van der Waals surface area contributed by atoms with Gasteiger partial charge in [0.1, 0.15) is 0 Å². The molecular weight excluding hydrogens is 340 g/mol. The van der Waals surface area contributed by atoms with Crippen molar-refractivity contribution >= 4 is 22.9 Å². The van der Waals surface area contributed by atoms with Gasteiger partial charge in [-0.05, 0) is 42.5 Å². The second-order valence-electron chi connectivity index (χ2n) is 6.55. The number of thiophene rings is 1. The number of amides is 1. The molecule has 3 nitrogen and oxygen atoms in total. The molecule has 3 aromatic rings. The number of hydrogen-bond donors (Lipinski definition) is 2. The number of quaternary nitrogens is 1. The number of nitrogens with two attached hydrogens (primary N) is 1. The summed E-state index contributed by atoms with van der Waals surface area (Å²) in [6, 6.07) is 20.1. The molecule has 4 heteroatoms. The zero-order chi connectivity index (χ0) is 18.4. The predicted molar refractivity (Wildman–Crippen MR) is 109 cm³/mol. The molecular formula is C22H25N2OS+. The number of aryl methyl sites for hydroxylation is 2. The molecule has 0 saturated heterocycles. The first-order valence-electron chi connectivity index (χ1n) is 8.92. The summed E-state index contributed by atoms with van der Waals surface area (Å²) in [4.78, 5) is 14.4. The highest BCUT2D eigenvalue weighted by Crippen LogP contribution is 2.18. The van der Waals surface area contributed by atoms with E-state index in [9.17, 15) is 4.79 Å². The van der Waals surface area contributed by atoms with Crippen molar-refractivity contribution < 1.29 is 10.1 Å². The molecule has 0 aliphatic carbocycles. The Kier molecular flexibility index (Phi) is 6.21. The van der Waals surface area contributed by atoms with E-state index in [1.807, 2.05) is 56.3 Å². The Bertz CT molecular complexity index is 844. The first kappa shape index (κ1) is 18.4. The average Bonchev–Trinajstić information content (AvgIpc) is 3.16. The summed E-state index contributed by atoms with van der Waals surface area (Å²) in [6.45, 7) is 4.93. The van der Waals surface area contributed by atoms with Gasteiger partial charge in [-0.1, -0.05) is 48.5 Å². The van der Waals surface area contributed by atoms with E-state index < -0.39 is 0 Å². The molecule has 3 rings (SSSR count). The lowest BCUT2D eigenvalue weighted by Gasteiger charge is -2.17. The summed E-state index contributed by atoms with van der Waals surface area (Å²) in [5.41, 5.74) is 4.14. The van der Waals surface area contributed by atoms with E-state index in [0.717, 1.165) is 35.3 Å². The molecule has 26 heavy (non-hydrogen) atoms. The van der Waals surface area contributed by atoms with Crippen LogP contribution in [0.1, 0.15) is 27.6 Å². The van der Waals surface area contributed by atoms with E-state index >= 15 is 0 Å². The van der Waals surface area contributed by atoms with Crippen molar-refractivity contribution in [3.63, 3.8) is 0 Å². The van der Waals surface area contributed by atoms with Gasteiger partial charge in [-0.15, -0.1) is 11.3 Å². The molecule has 0 fully saturated rings. The number of carbonyl (C=O) groups excluding carboxylic acids is 1. The van der Waals surface area contributed by atoms with Crippen molar-refractivity contribution in [3.05, 3.63) is 87.6 Å². The van der Waals surface area contributed by atoms with E-state index in [2.05, 4.69) is 34.2 Å². The van der Waals surface area contributed by atoms with Crippen LogP contribution in [0.3, 0.4) is 0 Å². The van der Waals surface area contributed by atoms with Crippen LogP contribution >= 0.6 is 11.3 Å². The van der Waals surface area contributed by atoms with Crippen molar-refractivity contribution in [1.29, 1.82) is 0 Å². The summed E-state index contributed by atoms with van der Waals surface area (Å²) in [5.74, 6) is 0.0241. The molecule has 2 aromatic carbocycles. The molecule has 0 aliphatic rings. The first-order chi connectivity index (χ1) is 12.6. The second-order valence-corrected chi connectivity index (χ2v) is 7.58. The van der Waals surface area contributed by atoms with Crippen LogP contribution in [0.4, 0.5) is 5.69 Å². The van der Waals surface area contributed by atoms with Crippen LogP contribution in [0.2, 0.25) is 0 Å². The van der Waals surface area contributed by atoms with Gasteiger partial charge in [-0.25, -0.2) is 0 Å². The lowest BCUT2D eigenvalue weighted by atomic mass is 10.0. The Labute approximate surface area is 159 Å². The Morgan fingerprint density at radius 3 is 2.62 bits per heavy atom. The van der Waals surface area contributed by atoms with Gasteiger partial charge in [-0.2, -0.15) is 0 Å². The van der Waals surface area contributed by atoms with E-state index in [0.29, 0.717) is 0 Å². The summed E-state index contributed by atoms with van der Waals surface area (Å²) in [5, 5.41) is 7.35. The van der Waals surface area contributed by atoms with Crippen LogP contribution < -0.4 is 10.6 Å². The largest absolute Gasteiger partial charge is 0.332 e. The first-order valence-corrected chi connectivity index (χ1v) is 9.80. The minimum Gasteiger partial charge on any atom is -0.332 e. The maximum Gasteiger partial charge on any atom is 0.287 e. The standard InChI is InChI=1S/C22H24N2OS/c1-16-10-11-17(2)20(15-16)24-22(25)21(18-7-4-3-5-8-18)23-13-12-19-9-6-14-26-19/h3-11,14-15,21,23H,12-13H2,1-2H3,(H,24,25)/p+1/t21-/m1/s1. The number of carbonyl (C=O) groups is 1. The molecule has 0 spiro atoms.